The standard InChI is InChI=1S/C14H10BrCl2N3O/c15-8-4-12-13(20-14(21)19-12)5-11(8)18-6-7-1-2-9(16)10(17)3-7/h1-5,18H,6H2,(H2,19,20,21). The van der Waals surface area contributed by atoms with Crippen molar-refractivity contribution in [2.24, 2.45) is 0 Å². The molecule has 21 heavy (non-hydrogen) atoms. The number of rotatable bonds is 3. The van der Waals surface area contributed by atoms with E-state index in [1.54, 1.807) is 6.07 Å². The van der Waals surface area contributed by atoms with Crippen LogP contribution in [0, 0.1) is 0 Å². The van der Waals surface area contributed by atoms with Crippen LogP contribution in [-0.4, -0.2) is 9.97 Å². The van der Waals surface area contributed by atoms with Crippen LogP contribution >= 0.6 is 39.1 Å². The summed E-state index contributed by atoms with van der Waals surface area (Å²) in [4.78, 5) is 16.7. The van der Waals surface area contributed by atoms with Gasteiger partial charge in [-0.3, -0.25) is 0 Å². The summed E-state index contributed by atoms with van der Waals surface area (Å²) in [5, 5.41) is 4.36. The molecule has 4 nitrogen and oxygen atoms in total. The lowest BCUT2D eigenvalue weighted by atomic mass is 10.2. The Morgan fingerprint density at radius 3 is 2.48 bits per heavy atom. The van der Waals surface area contributed by atoms with Crippen LogP contribution in [0.2, 0.25) is 10.0 Å². The van der Waals surface area contributed by atoms with Crippen molar-refractivity contribution in [3.8, 4) is 0 Å². The van der Waals surface area contributed by atoms with E-state index >= 15 is 0 Å². The van der Waals surface area contributed by atoms with Gasteiger partial charge in [0.25, 0.3) is 0 Å². The van der Waals surface area contributed by atoms with Gasteiger partial charge in [-0.05, 0) is 45.8 Å². The van der Waals surface area contributed by atoms with Crippen molar-refractivity contribution in [3.63, 3.8) is 0 Å². The number of fused-ring (bicyclic) bond motifs is 1. The van der Waals surface area contributed by atoms with Crippen LogP contribution in [0.1, 0.15) is 5.56 Å². The lowest BCUT2D eigenvalue weighted by Crippen LogP contribution is -2.00. The molecule has 1 heterocycles. The molecular weight excluding hydrogens is 377 g/mol. The molecule has 3 aromatic rings. The number of imidazole rings is 1. The first-order valence-electron chi connectivity index (χ1n) is 6.12. The lowest BCUT2D eigenvalue weighted by molar-refractivity contribution is 1.15. The highest BCUT2D eigenvalue weighted by atomic mass is 79.9. The Morgan fingerprint density at radius 1 is 1.05 bits per heavy atom. The first kappa shape index (κ1) is 14.5. The maximum absolute atomic E-state index is 11.3. The molecule has 3 N–H and O–H groups in total. The molecule has 0 unspecified atom stereocenters. The molecule has 0 aliphatic rings. The van der Waals surface area contributed by atoms with Crippen LogP contribution < -0.4 is 11.0 Å². The smallest absolute Gasteiger partial charge is 0.323 e. The second-order valence-electron chi connectivity index (χ2n) is 4.56. The van der Waals surface area contributed by atoms with Crippen molar-refractivity contribution in [1.29, 1.82) is 0 Å². The molecule has 0 aliphatic heterocycles. The Kier molecular flexibility index (Phi) is 3.97. The van der Waals surface area contributed by atoms with E-state index in [2.05, 4.69) is 31.2 Å². The van der Waals surface area contributed by atoms with Crippen molar-refractivity contribution in [2.75, 3.05) is 5.32 Å². The number of hydrogen-bond donors (Lipinski definition) is 3. The van der Waals surface area contributed by atoms with Gasteiger partial charge in [0.05, 0.1) is 26.8 Å². The van der Waals surface area contributed by atoms with Gasteiger partial charge >= 0.3 is 5.69 Å². The number of aromatic amines is 2. The number of H-pyrrole nitrogens is 2. The monoisotopic (exact) mass is 385 g/mol. The fourth-order valence-corrected chi connectivity index (χ4v) is 2.84. The molecule has 108 valence electrons. The van der Waals surface area contributed by atoms with Crippen LogP contribution in [0.3, 0.4) is 0 Å². The van der Waals surface area contributed by atoms with Gasteiger partial charge in [0, 0.05) is 11.0 Å². The minimum atomic E-state index is -0.224. The fraction of sp³-hybridized carbons (Fsp3) is 0.0714. The third kappa shape index (κ3) is 3.10. The maximum Gasteiger partial charge on any atom is 0.323 e. The molecule has 7 heteroatoms. The van der Waals surface area contributed by atoms with Crippen LogP contribution in [-0.2, 0) is 6.54 Å². The predicted octanol–water partition coefficient (Wildman–Crippen LogP) is 4.54. The van der Waals surface area contributed by atoms with E-state index in [-0.39, 0.29) is 5.69 Å². The van der Waals surface area contributed by atoms with E-state index in [1.165, 1.54) is 0 Å². The van der Waals surface area contributed by atoms with E-state index in [1.807, 2.05) is 24.3 Å². The zero-order valence-corrected chi connectivity index (χ0v) is 13.7. The van der Waals surface area contributed by atoms with Gasteiger partial charge in [0.1, 0.15) is 0 Å². The number of hydrogen-bond acceptors (Lipinski definition) is 2. The highest BCUT2D eigenvalue weighted by Gasteiger charge is 2.06. The molecule has 0 saturated heterocycles. The average Bonchev–Trinajstić information content (AvgIpc) is 2.79. The van der Waals surface area contributed by atoms with Gasteiger partial charge < -0.3 is 15.3 Å². The van der Waals surface area contributed by atoms with Crippen LogP contribution in [0.25, 0.3) is 11.0 Å². The molecule has 0 radical (unpaired) electrons. The number of benzene rings is 2. The summed E-state index contributed by atoms with van der Waals surface area (Å²) in [5.74, 6) is 0. The van der Waals surface area contributed by atoms with Crippen molar-refractivity contribution in [1.82, 2.24) is 9.97 Å². The Hall–Kier alpha value is -1.43. The van der Waals surface area contributed by atoms with E-state index in [4.69, 9.17) is 23.2 Å². The zero-order valence-electron chi connectivity index (χ0n) is 10.6. The molecular formula is C14H10BrCl2N3O. The van der Waals surface area contributed by atoms with Gasteiger partial charge in [-0.15, -0.1) is 0 Å². The maximum atomic E-state index is 11.3. The zero-order chi connectivity index (χ0) is 15.0. The summed E-state index contributed by atoms with van der Waals surface area (Å²) in [6.45, 7) is 0.593. The van der Waals surface area contributed by atoms with E-state index < -0.39 is 0 Å². The normalized spacial score (nSPS) is 11.0. The average molecular weight is 387 g/mol. The van der Waals surface area contributed by atoms with Gasteiger partial charge in [-0.1, -0.05) is 29.3 Å². The predicted molar refractivity (Wildman–Crippen MR) is 90.4 cm³/mol. The van der Waals surface area contributed by atoms with E-state index in [0.29, 0.717) is 16.6 Å². The Balaban J connectivity index is 1.85. The third-order valence-electron chi connectivity index (χ3n) is 3.07. The fourth-order valence-electron chi connectivity index (χ4n) is 2.04. The van der Waals surface area contributed by atoms with Crippen LogP contribution in [0.5, 0.6) is 0 Å². The lowest BCUT2D eigenvalue weighted by Gasteiger charge is -2.09. The quantitative estimate of drug-likeness (QED) is 0.618. The van der Waals surface area contributed by atoms with Gasteiger partial charge in [0.15, 0.2) is 0 Å². The summed E-state index contributed by atoms with van der Waals surface area (Å²) in [7, 11) is 0. The molecule has 0 saturated carbocycles. The molecule has 1 aromatic heterocycles. The first-order chi connectivity index (χ1) is 10.0. The summed E-state index contributed by atoms with van der Waals surface area (Å²) >= 11 is 15.4. The summed E-state index contributed by atoms with van der Waals surface area (Å²) in [5.41, 5.74) is 3.17. The minimum Gasteiger partial charge on any atom is -0.380 e. The Morgan fingerprint density at radius 2 is 1.76 bits per heavy atom. The second kappa shape index (κ2) is 5.75. The molecule has 0 atom stereocenters. The molecule has 0 aliphatic carbocycles. The second-order valence-corrected chi connectivity index (χ2v) is 6.23. The highest BCUT2D eigenvalue weighted by Crippen LogP contribution is 2.28. The molecule has 0 spiro atoms. The SMILES string of the molecule is O=c1[nH]c2cc(Br)c(NCc3ccc(Cl)c(Cl)c3)cc2[nH]1. The van der Waals surface area contributed by atoms with Crippen molar-refractivity contribution in [3.05, 3.63) is 60.9 Å². The van der Waals surface area contributed by atoms with Crippen molar-refractivity contribution in [2.45, 2.75) is 6.54 Å². The van der Waals surface area contributed by atoms with E-state index in [0.717, 1.165) is 26.8 Å². The molecule has 2 aromatic carbocycles. The van der Waals surface area contributed by atoms with Gasteiger partial charge in [-0.25, -0.2) is 4.79 Å². The summed E-state index contributed by atoms with van der Waals surface area (Å²) in [6.07, 6.45) is 0. The van der Waals surface area contributed by atoms with Crippen molar-refractivity contribution < 1.29 is 0 Å². The van der Waals surface area contributed by atoms with E-state index in [9.17, 15) is 4.79 Å². The molecule has 0 fully saturated rings. The van der Waals surface area contributed by atoms with Gasteiger partial charge in [-0.2, -0.15) is 0 Å². The summed E-state index contributed by atoms with van der Waals surface area (Å²) < 4.78 is 0.866. The third-order valence-corrected chi connectivity index (χ3v) is 4.47. The number of nitrogens with one attached hydrogen (secondary N) is 3. The summed E-state index contributed by atoms with van der Waals surface area (Å²) in [6, 6.07) is 9.22. The van der Waals surface area contributed by atoms with Gasteiger partial charge in [0.2, 0.25) is 0 Å². The number of halogens is 3. The first-order valence-corrected chi connectivity index (χ1v) is 7.67. The van der Waals surface area contributed by atoms with Crippen LogP contribution in [0.4, 0.5) is 5.69 Å². The number of aromatic nitrogens is 2. The molecule has 3 rings (SSSR count). The van der Waals surface area contributed by atoms with Crippen molar-refractivity contribution >= 4 is 55.9 Å². The molecule has 0 bridgehead atoms. The molecule has 0 amide bonds. The highest BCUT2D eigenvalue weighted by molar-refractivity contribution is 9.10. The Bertz CT molecular complexity index is 872. The van der Waals surface area contributed by atoms with Crippen LogP contribution in [0.15, 0.2) is 39.6 Å². The minimum absolute atomic E-state index is 0.224. The number of anilines is 1. The Labute approximate surface area is 138 Å². The largest absolute Gasteiger partial charge is 0.380 e. The topological polar surface area (TPSA) is 60.7 Å².